The van der Waals surface area contributed by atoms with Gasteiger partial charge in [-0.05, 0) is 31.6 Å². The zero-order valence-electron chi connectivity index (χ0n) is 11.8. The number of likely N-dealkylation sites (tertiary alicyclic amines) is 1. The first kappa shape index (κ1) is 14.8. The summed E-state index contributed by atoms with van der Waals surface area (Å²) in [6.45, 7) is 4.75. The maximum Gasteiger partial charge on any atom is 0.227 e. The van der Waals surface area contributed by atoms with Crippen LogP contribution < -0.4 is 0 Å². The van der Waals surface area contributed by atoms with E-state index in [0.29, 0.717) is 19.0 Å². The molecule has 110 valence electrons. The second-order valence-electron chi connectivity index (χ2n) is 5.99. The molecule has 5 nitrogen and oxygen atoms in total. The zero-order valence-corrected chi connectivity index (χ0v) is 12.7. The summed E-state index contributed by atoms with van der Waals surface area (Å²) in [5.41, 5.74) is 0. The molecule has 2 fully saturated rings. The summed E-state index contributed by atoms with van der Waals surface area (Å²) in [5, 5.41) is 0. The number of hydrogen-bond acceptors (Lipinski definition) is 3. The highest BCUT2D eigenvalue weighted by Gasteiger charge is 2.33. The highest BCUT2D eigenvalue weighted by molar-refractivity contribution is 7.88. The standard InChI is InChI=1S/C13H24N2O3S/c1-11-5-3-7-14(9-11)13(16)12-6-4-8-15(10-12)19(2,17)18/h11-12H,3-10H2,1-2H3/t11-,12+/m1/s1. The van der Waals surface area contributed by atoms with Crippen molar-refractivity contribution in [2.45, 2.75) is 32.6 Å². The molecule has 0 unspecified atom stereocenters. The van der Waals surface area contributed by atoms with E-state index in [9.17, 15) is 13.2 Å². The van der Waals surface area contributed by atoms with Crippen LogP contribution in [0.4, 0.5) is 0 Å². The Hall–Kier alpha value is -0.620. The van der Waals surface area contributed by atoms with Gasteiger partial charge in [0.2, 0.25) is 15.9 Å². The molecule has 2 atom stereocenters. The van der Waals surface area contributed by atoms with Crippen molar-refractivity contribution in [3.8, 4) is 0 Å². The van der Waals surface area contributed by atoms with Crippen LogP contribution in [0.25, 0.3) is 0 Å². The minimum Gasteiger partial charge on any atom is -0.342 e. The van der Waals surface area contributed by atoms with E-state index in [1.54, 1.807) is 0 Å². The van der Waals surface area contributed by atoms with Crippen LogP contribution in [-0.4, -0.2) is 56.0 Å². The molecule has 1 amide bonds. The van der Waals surface area contributed by atoms with Gasteiger partial charge in [0, 0.05) is 26.2 Å². The molecular formula is C13H24N2O3S. The number of nitrogens with zero attached hydrogens (tertiary/aromatic N) is 2. The molecule has 0 saturated carbocycles. The van der Waals surface area contributed by atoms with Crippen molar-refractivity contribution >= 4 is 15.9 Å². The van der Waals surface area contributed by atoms with Gasteiger partial charge in [-0.2, -0.15) is 0 Å². The van der Waals surface area contributed by atoms with Crippen LogP contribution in [0.5, 0.6) is 0 Å². The third-order valence-electron chi connectivity index (χ3n) is 4.17. The van der Waals surface area contributed by atoms with Gasteiger partial charge in [0.1, 0.15) is 0 Å². The third kappa shape index (κ3) is 3.69. The van der Waals surface area contributed by atoms with Crippen molar-refractivity contribution in [1.29, 1.82) is 0 Å². The minimum absolute atomic E-state index is 0.145. The third-order valence-corrected chi connectivity index (χ3v) is 5.44. The summed E-state index contributed by atoms with van der Waals surface area (Å²) < 4.78 is 24.6. The Morgan fingerprint density at radius 3 is 2.42 bits per heavy atom. The fraction of sp³-hybridized carbons (Fsp3) is 0.923. The molecule has 2 heterocycles. The number of piperidine rings is 2. The Morgan fingerprint density at radius 2 is 1.79 bits per heavy atom. The fourth-order valence-electron chi connectivity index (χ4n) is 3.09. The van der Waals surface area contributed by atoms with E-state index in [0.717, 1.165) is 32.4 Å². The van der Waals surface area contributed by atoms with Gasteiger partial charge in [0.25, 0.3) is 0 Å². The highest BCUT2D eigenvalue weighted by Crippen LogP contribution is 2.23. The van der Waals surface area contributed by atoms with Crippen molar-refractivity contribution < 1.29 is 13.2 Å². The van der Waals surface area contributed by atoms with Crippen molar-refractivity contribution in [3.05, 3.63) is 0 Å². The quantitative estimate of drug-likeness (QED) is 0.759. The predicted molar refractivity (Wildman–Crippen MR) is 74.1 cm³/mol. The van der Waals surface area contributed by atoms with E-state index < -0.39 is 10.0 Å². The van der Waals surface area contributed by atoms with Crippen LogP contribution in [0.3, 0.4) is 0 Å². The molecule has 0 N–H and O–H groups in total. The van der Waals surface area contributed by atoms with Gasteiger partial charge in [-0.25, -0.2) is 12.7 Å². The number of hydrogen-bond donors (Lipinski definition) is 0. The van der Waals surface area contributed by atoms with E-state index in [4.69, 9.17) is 0 Å². The zero-order chi connectivity index (χ0) is 14.0. The van der Waals surface area contributed by atoms with Gasteiger partial charge in [-0.15, -0.1) is 0 Å². The first-order valence-electron chi connectivity index (χ1n) is 7.12. The normalized spacial score (nSPS) is 30.3. The van der Waals surface area contributed by atoms with Gasteiger partial charge in [0.05, 0.1) is 12.2 Å². The lowest BCUT2D eigenvalue weighted by molar-refractivity contribution is -0.138. The number of carbonyl (C=O) groups is 1. The number of rotatable bonds is 2. The SMILES string of the molecule is C[C@@H]1CCCN(C(=O)[C@H]2CCCN(S(C)(=O)=O)C2)C1. The lowest BCUT2D eigenvalue weighted by Crippen LogP contribution is -2.48. The smallest absolute Gasteiger partial charge is 0.227 e. The van der Waals surface area contributed by atoms with Crippen LogP contribution in [0, 0.1) is 11.8 Å². The lowest BCUT2D eigenvalue weighted by Gasteiger charge is -2.36. The average molecular weight is 288 g/mol. The van der Waals surface area contributed by atoms with Gasteiger partial charge in [-0.1, -0.05) is 6.92 Å². The summed E-state index contributed by atoms with van der Waals surface area (Å²) in [6, 6.07) is 0. The van der Waals surface area contributed by atoms with E-state index >= 15 is 0 Å². The van der Waals surface area contributed by atoms with Gasteiger partial charge < -0.3 is 4.90 Å². The Labute approximate surface area is 116 Å². The number of carbonyl (C=O) groups excluding carboxylic acids is 1. The topological polar surface area (TPSA) is 57.7 Å². The Kier molecular flexibility index (Phi) is 4.50. The lowest BCUT2D eigenvalue weighted by atomic mass is 9.94. The molecule has 0 aliphatic carbocycles. The van der Waals surface area contributed by atoms with E-state index in [2.05, 4.69) is 6.92 Å². The molecule has 2 rings (SSSR count). The van der Waals surface area contributed by atoms with Crippen LogP contribution in [-0.2, 0) is 14.8 Å². The predicted octanol–water partition coefficient (Wildman–Crippen LogP) is 0.917. The first-order valence-corrected chi connectivity index (χ1v) is 8.96. The molecule has 0 aromatic carbocycles. The van der Waals surface area contributed by atoms with Gasteiger partial charge >= 0.3 is 0 Å². The molecule has 2 aliphatic heterocycles. The molecule has 0 aromatic rings. The molecule has 0 aromatic heterocycles. The molecule has 6 heteroatoms. The Morgan fingerprint density at radius 1 is 1.11 bits per heavy atom. The van der Waals surface area contributed by atoms with Crippen molar-refractivity contribution in [2.75, 3.05) is 32.4 Å². The molecule has 2 saturated heterocycles. The average Bonchev–Trinajstić information content (AvgIpc) is 2.37. The summed E-state index contributed by atoms with van der Waals surface area (Å²) >= 11 is 0. The Balaban J connectivity index is 1.99. The van der Waals surface area contributed by atoms with E-state index in [-0.39, 0.29) is 11.8 Å². The minimum atomic E-state index is -3.17. The summed E-state index contributed by atoms with van der Waals surface area (Å²) in [6.07, 6.45) is 5.07. The fourth-order valence-corrected chi connectivity index (χ4v) is 4.00. The highest BCUT2D eigenvalue weighted by atomic mass is 32.2. The number of amides is 1. The maximum atomic E-state index is 12.5. The van der Waals surface area contributed by atoms with Crippen molar-refractivity contribution in [1.82, 2.24) is 9.21 Å². The van der Waals surface area contributed by atoms with E-state index in [1.807, 2.05) is 4.90 Å². The Bertz CT molecular complexity index is 435. The van der Waals surface area contributed by atoms with Crippen LogP contribution >= 0.6 is 0 Å². The monoisotopic (exact) mass is 288 g/mol. The van der Waals surface area contributed by atoms with Crippen molar-refractivity contribution in [2.24, 2.45) is 11.8 Å². The maximum absolute atomic E-state index is 12.5. The molecule has 0 spiro atoms. The molecule has 2 aliphatic rings. The summed E-state index contributed by atoms with van der Waals surface area (Å²) in [4.78, 5) is 14.4. The first-order chi connectivity index (χ1) is 8.88. The van der Waals surface area contributed by atoms with Crippen LogP contribution in [0.15, 0.2) is 0 Å². The molecular weight excluding hydrogens is 264 g/mol. The number of sulfonamides is 1. The molecule has 0 bridgehead atoms. The van der Waals surface area contributed by atoms with Gasteiger partial charge in [-0.3, -0.25) is 4.79 Å². The van der Waals surface area contributed by atoms with Gasteiger partial charge in [0.15, 0.2) is 0 Å². The second-order valence-corrected chi connectivity index (χ2v) is 7.97. The summed E-state index contributed by atoms with van der Waals surface area (Å²) in [7, 11) is -3.17. The molecule has 19 heavy (non-hydrogen) atoms. The van der Waals surface area contributed by atoms with Crippen molar-refractivity contribution in [3.63, 3.8) is 0 Å². The van der Waals surface area contributed by atoms with E-state index in [1.165, 1.54) is 17.0 Å². The largest absolute Gasteiger partial charge is 0.342 e. The van der Waals surface area contributed by atoms with Crippen LogP contribution in [0.1, 0.15) is 32.6 Å². The van der Waals surface area contributed by atoms with Crippen LogP contribution in [0.2, 0.25) is 0 Å². The molecule has 0 radical (unpaired) electrons. The summed E-state index contributed by atoms with van der Waals surface area (Å²) in [5.74, 6) is 0.570. The second kappa shape index (κ2) is 5.79.